The van der Waals surface area contributed by atoms with Crippen LogP contribution in [0.3, 0.4) is 0 Å². The topological polar surface area (TPSA) is 51.1 Å². The highest BCUT2D eigenvalue weighted by Crippen LogP contribution is 2.28. The number of nitrogens with zero attached hydrogens (tertiary/aromatic N) is 2. The van der Waals surface area contributed by atoms with Crippen molar-refractivity contribution in [3.05, 3.63) is 23.8 Å². The van der Waals surface area contributed by atoms with Crippen molar-refractivity contribution in [2.24, 2.45) is 4.99 Å². The molecule has 0 N–H and O–H groups in total. The molecule has 0 bridgehead atoms. The van der Waals surface area contributed by atoms with Gasteiger partial charge < -0.3 is 14.4 Å². The third-order valence-corrected chi connectivity index (χ3v) is 2.38. The molecule has 1 rings (SSSR count). The van der Waals surface area contributed by atoms with Gasteiger partial charge >= 0.3 is 12.4 Å². The second kappa shape index (κ2) is 8.08. The molecular formula is C14H14F6N2O3. The molecule has 0 aliphatic rings. The number of alkyl halides is 6. The summed E-state index contributed by atoms with van der Waals surface area (Å²) in [4.78, 5) is 16.8. The lowest BCUT2D eigenvalue weighted by Gasteiger charge is -2.14. The number of aliphatic imine (C=N–C) groups is 1. The lowest BCUT2D eigenvalue weighted by molar-refractivity contribution is -0.154. The van der Waals surface area contributed by atoms with Gasteiger partial charge in [-0.25, -0.2) is 0 Å². The number of benzene rings is 1. The van der Waals surface area contributed by atoms with Crippen LogP contribution >= 0.6 is 0 Å². The molecule has 25 heavy (non-hydrogen) atoms. The number of carbonyl (C=O) groups excluding carboxylic acids is 1. The standard InChI is InChI=1S/C14H14F6N2O3/c1-22(2)8-21-12(23)10-5-9(24-6-13(15,16)17)3-4-11(10)25-7-14(18,19)20/h3-5,8H,6-7H2,1-2H3. The molecule has 0 radical (unpaired) electrons. The number of carbonyl (C=O) groups is 1. The number of ether oxygens (including phenoxy) is 2. The van der Waals surface area contributed by atoms with E-state index >= 15 is 0 Å². The van der Waals surface area contributed by atoms with Crippen LogP contribution in [0.15, 0.2) is 23.2 Å². The summed E-state index contributed by atoms with van der Waals surface area (Å²) in [5.74, 6) is -1.83. The fourth-order valence-electron chi connectivity index (χ4n) is 1.45. The predicted molar refractivity (Wildman–Crippen MR) is 76.1 cm³/mol. The van der Waals surface area contributed by atoms with Gasteiger partial charge in [0.1, 0.15) is 11.5 Å². The summed E-state index contributed by atoms with van der Waals surface area (Å²) in [7, 11) is 3.08. The van der Waals surface area contributed by atoms with E-state index < -0.39 is 42.8 Å². The van der Waals surface area contributed by atoms with Crippen LogP contribution in [-0.4, -0.2) is 56.8 Å². The zero-order valence-electron chi connectivity index (χ0n) is 13.1. The Hall–Kier alpha value is -2.46. The summed E-state index contributed by atoms with van der Waals surface area (Å²) < 4.78 is 82.3. The second-order valence-corrected chi connectivity index (χ2v) is 4.98. The van der Waals surface area contributed by atoms with Gasteiger partial charge in [-0.1, -0.05) is 0 Å². The molecule has 0 atom stereocenters. The summed E-state index contributed by atoms with van der Waals surface area (Å²) in [6, 6.07) is 2.71. The minimum absolute atomic E-state index is 0.361. The fourth-order valence-corrected chi connectivity index (χ4v) is 1.45. The zero-order chi connectivity index (χ0) is 19.3. The molecule has 0 spiro atoms. The molecule has 11 heteroatoms. The molecule has 1 aromatic rings. The lowest BCUT2D eigenvalue weighted by Crippen LogP contribution is -2.21. The molecule has 0 saturated carbocycles. The van der Waals surface area contributed by atoms with Crippen molar-refractivity contribution in [3.63, 3.8) is 0 Å². The monoisotopic (exact) mass is 372 g/mol. The van der Waals surface area contributed by atoms with Gasteiger partial charge in [0, 0.05) is 14.1 Å². The quantitative estimate of drug-likeness (QED) is 0.437. The van der Waals surface area contributed by atoms with Crippen molar-refractivity contribution in [2.45, 2.75) is 12.4 Å². The maximum Gasteiger partial charge on any atom is 0.422 e. The van der Waals surface area contributed by atoms with Gasteiger partial charge in [-0.05, 0) is 18.2 Å². The highest BCUT2D eigenvalue weighted by Gasteiger charge is 2.30. The molecule has 0 saturated heterocycles. The SMILES string of the molecule is CN(C)C=NC(=O)c1cc(OCC(F)(F)F)ccc1OCC(F)(F)F. The van der Waals surface area contributed by atoms with Crippen molar-refractivity contribution in [2.75, 3.05) is 27.3 Å². The Morgan fingerprint density at radius 2 is 1.64 bits per heavy atom. The largest absolute Gasteiger partial charge is 0.484 e. The smallest absolute Gasteiger partial charge is 0.422 e. The number of amides is 1. The van der Waals surface area contributed by atoms with Gasteiger partial charge in [0.15, 0.2) is 13.2 Å². The van der Waals surface area contributed by atoms with Crippen molar-refractivity contribution >= 4 is 12.2 Å². The minimum atomic E-state index is -4.65. The number of hydrogen-bond donors (Lipinski definition) is 0. The van der Waals surface area contributed by atoms with E-state index in [1.165, 1.54) is 4.90 Å². The van der Waals surface area contributed by atoms with E-state index in [-0.39, 0.29) is 5.75 Å². The highest BCUT2D eigenvalue weighted by atomic mass is 19.4. The van der Waals surface area contributed by atoms with Crippen molar-refractivity contribution < 1.29 is 40.6 Å². The Bertz CT molecular complexity index is 626. The second-order valence-electron chi connectivity index (χ2n) is 4.98. The van der Waals surface area contributed by atoms with Crippen LogP contribution in [0.2, 0.25) is 0 Å². The third-order valence-electron chi connectivity index (χ3n) is 2.38. The van der Waals surface area contributed by atoms with E-state index in [1.54, 1.807) is 14.1 Å². The Labute approximate surface area is 138 Å². The maximum atomic E-state index is 12.3. The molecule has 5 nitrogen and oxygen atoms in total. The Kier molecular flexibility index (Phi) is 6.65. The van der Waals surface area contributed by atoms with E-state index in [1.807, 2.05) is 0 Å². The van der Waals surface area contributed by atoms with E-state index in [9.17, 15) is 31.1 Å². The van der Waals surface area contributed by atoms with Gasteiger partial charge in [-0.15, -0.1) is 0 Å². The first-order valence-corrected chi connectivity index (χ1v) is 6.65. The van der Waals surface area contributed by atoms with Crippen LogP contribution in [0.4, 0.5) is 26.3 Å². The molecule has 0 fully saturated rings. The van der Waals surface area contributed by atoms with Gasteiger partial charge in [0.25, 0.3) is 5.91 Å². The highest BCUT2D eigenvalue weighted by molar-refractivity contribution is 6.01. The molecule has 1 aromatic carbocycles. The van der Waals surface area contributed by atoms with Crippen LogP contribution in [0.1, 0.15) is 10.4 Å². The van der Waals surface area contributed by atoms with E-state index in [0.29, 0.717) is 0 Å². The first-order chi connectivity index (χ1) is 11.4. The molecule has 0 aliphatic heterocycles. The lowest BCUT2D eigenvalue weighted by atomic mass is 10.2. The summed E-state index contributed by atoms with van der Waals surface area (Å²) in [6.45, 7) is -3.29. The number of rotatable bonds is 6. The molecular weight excluding hydrogens is 358 g/mol. The van der Waals surface area contributed by atoms with Crippen LogP contribution in [-0.2, 0) is 0 Å². The summed E-state index contributed by atoms with van der Waals surface area (Å²) >= 11 is 0. The molecule has 0 aliphatic carbocycles. The van der Waals surface area contributed by atoms with Crippen LogP contribution in [0.5, 0.6) is 11.5 Å². The molecule has 0 unspecified atom stereocenters. The Morgan fingerprint density at radius 3 is 2.16 bits per heavy atom. The molecule has 1 amide bonds. The van der Waals surface area contributed by atoms with Gasteiger partial charge in [-0.2, -0.15) is 31.3 Å². The maximum absolute atomic E-state index is 12.3. The van der Waals surface area contributed by atoms with Gasteiger partial charge in [0.2, 0.25) is 0 Å². The Balaban J connectivity index is 3.08. The first kappa shape index (κ1) is 20.6. The van der Waals surface area contributed by atoms with E-state index in [4.69, 9.17) is 0 Å². The Morgan fingerprint density at radius 1 is 1.08 bits per heavy atom. The number of hydrogen-bond acceptors (Lipinski definition) is 3. The van der Waals surface area contributed by atoms with Crippen molar-refractivity contribution in [1.82, 2.24) is 4.90 Å². The van der Waals surface area contributed by atoms with Crippen LogP contribution in [0.25, 0.3) is 0 Å². The number of halogens is 6. The molecule has 0 heterocycles. The third kappa shape index (κ3) is 8.27. The predicted octanol–water partition coefficient (Wildman–Crippen LogP) is 3.30. The van der Waals surface area contributed by atoms with Crippen LogP contribution in [0, 0.1) is 0 Å². The average molecular weight is 372 g/mol. The van der Waals surface area contributed by atoms with Gasteiger partial charge in [0.05, 0.1) is 11.9 Å². The van der Waals surface area contributed by atoms with Crippen molar-refractivity contribution in [1.29, 1.82) is 0 Å². The van der Waals surface area contributed by atoms with Crippen LogP contribution < -0.4 is 9.47 Å². The molecule has 0 aromatic heterocycles. The normalized spacial score (nSPS) is 12.3. The van der Waals surface area contributed by atoms with Gasteiger partial charge in [-0.3, -0.25) is 4.79 Å². The average Bonchev–Trinajstić information content (AvgIpc) is 2.47. The first-order valence-electron chi connectivity index (χ1n) is 6.65. The summed E-state index contributed by atoms with van der Waals surface area (Å²) in [6.07, 6.45) is -8.18. The summed E-state index contributed by atoms with van der Waals surface area (Å²) in [5.41, 5.74) is -0.456. The van der Waals surface area contributed by atoms with Crippen molar-refractivity contribution in [3.8, 4) is 11.5 Å². The minimum Gasteiger partial charge on any atom is -0.484 e. The van der Waals surface area contributed by atoms with E-state index in [0.717, 1.165) is 24.5 Å². The van der Waals surface area contributed by atoms with E-state index in [2.05, 4.69) is 14.5 Å². The fraction of sp³-hybridized carbons (Fsp3) is 0.429. The summed E-state index contributed by atoms with van der Waals surface area (Å²) in [5, 5.41) is 0. The molecule has 140 valence electrons. The zero-order valence-corrected chi connectivity index (χ0v) is 13.1.